The second-order valence-electron chi connectivity index (χ2n) is 8.77. The molecule has 4 heterocycles. The van der Waals surface area contributed by atoms with Crippen molar-refractivity contribution in [2.45, 2.75) is 51.0 Å². The highest BCUT2D eigenvalue weighted by molar-refractivity contribution is 5.98. The molecule has 0 aliphatic carbocycles. The summed E-state index contributed by atoms with van der Waals surface area (Å²) in [5.41, 5.74) is 8.21. The van der Waals surface area contributed by atoms with Crippen LogP contribution >= 0.6 is 0 Å². The van der Waals surface area contributed by atoms with Crippen molar-refractivity contribution in [1.82, 2.24) is 19.9 Å². The van der Waals surface area contributed by atoms with E-state index >= 15 is 0 Å². The van der Waals surface area contributed by atoms with E-state index in [1.165, 1.54) is 13.2 Å². The first-order valence-corrected chi connectivity index (χ1v) is 11.0. The van der Waals surface area contributed by atoms with Crippen LogP contribution in [-0.4, -0.2) is 57.3 Å². The van der Waals surface area contributed by atoms with Crippen molar-refractivity contribution < 1.29 is 18.3 Å². The Morgan fingerprint density at radius 1 is 1.29 bits per heavy atom. The molecular formula is C22H28F2N8O2. The third kappa shape index (κ3) is 4.31. The number of hydrogen-bond donors (Lipinski definition) is 3. The number of nitrogens with two attached hydrogens (primary N) is 2. The van der Waals surface area contributed by atoms with Gasteiger partial charge in [-0.1, -0.05) is 0 Å². The maximum atomic E-state index is 13.3. The Hall–Kier alpha value is -3.57. The summed E-state index contributed by atoms with van der Waals surface area (Å²) in [7, 11) is 1.33. The predicted octanol–water partition coefficient (Wildman–Crippen LogP) is 1.84. The van der Waals surface area contributed by atoms with E-state index in [-0.39, 0.29) is 28.9 Å². The number of amides is 1. The van der Waals surface area contributed by atoms with Gasteiger partial charge in [-0.15, -0.1) is 0 Å². The number of rotatable bonds is 5. The third-order valence-electron chi connectivity index (χ3n) is 6.59. The van der Waals surface area contributed by atoms with Gasteiger partial charge in [0.25, 0.3) is 6.43 Å². The number of aryl methyl sites for hydroxylation is 2. The van der Waals surface area contributed by atoms with Gasteiger partial charge in [-0.25, -0.2) is 18.7 Å². The highest BCUT2D eigenvalue weighted by atomic mass is 19.3. The standard InChI is InChI=1S/C22H28F2N8O2/c1-11(15-9-16(34-3)29-20(28-15)17(23)24)21(33)32-7-6-22(10-32)5-4-13-8-14(18(25)31-26)12(2)27-19(13)30-22/h8-9,11,17H,4-7,10,26H2,1-3H3,(H2,25,31)(H,27,30)/t11-,22+/m1/s1. The number of ether oxygens (including phenoxy) is 1. The lowest BCUT2D eigenvalue weighted by Gasteiger charge is -2.36. The maximum absolute atomic E-state index is 13.3. The van der Waals surface area contributed by atoms with E-state index in [0.717, 1.165) is 30.6 Å². The van der Waals surface area contributed by atoms with Crippen molar-refractivity contribution in [1.29, 1.82) is 0 Å². The molecule has 0 unspecified atom stereocenters. The van der Waals surface area contributed by atoms with Crippen LogP contribution in [0.1, 0.15) is 60.4 Å². The summed E-state index contributed by atoms with van der Waals surface area (Å²) < 4.78 is 31.4. The maximum Gasteiger partial charge on any atom is 0.297 e. The van der Waals surface area contributed by atoms with Gasteiger partial charge in [-0.2, -0.15) is 10.1 Å². The van der Waals surface area contributed by atoms with Crippen molar-refractivity contribution in [2.24, 2.45) is 16.7 Å². The zero-order valence-corrected chi connectivity index (χ0v) is 19.3. The Bertz CT molecular complexity index is 1140. The minimum absolute atomic E-state index is 0.00419. The number of aromatic nitrogens is 3. The van der Waals surface area contributed by atoms with E-state index in [4.69, 9.17) is 16.3 Å². The fraction of sp³-hybridized carbons (Fsp3) is 0.500. The minimum atomic E-state index is -2.86. The number of alkyl halides is 2. The summed E-state index contributed by atoms with van der Waals surface area (Å²) in [5.74, 6) is 4.77. The SMILES string of the molecule is COc1cc([C@@H](C)C(=O)N2CC[C@@]3(CCc4cc(/C(N)=N/N)c(C)nc4N3)C2)nc(C(F)F)n1. The molecule has 2 aromatic rings. The van der Waals surface area contributed by atoms with Gasteiger partial charge >= 0.3 is 0 Å². The van der Waals surface area contributed by atoms with Crippen LogP contribution in [0.2, 0.25) is 0 Å². The molecule has 2 aliphatic rings. The molecule has 1 fully saturated rings. The molecule has 182 valence electrons. The molecule has 2 aliphatic heterocycles. The number of likely N-dealkylation sites (tertiary alicyclic amines) is 1. The number of fused-ring (bicyclic) bond motifs is 1. The van der Waals surface area contributed by atoms with Gasteiger partial charge in [-0.05, 0) is 44.7 Å². The molecular weight excluding hydrogens is 446 g/mol. The molecule has 12 heteroatoms. The Kier molecular flexibility index (Phi) is 6.24. The number of methoxy groups -OCH3 is 1. The monoisotopic (exact) mass is 474 g/mol. The highest BCUT2D eigenvalue weighted by Gasteiger charge is 2.43. The molecule has 0 radical (unpaired) electrons. The largest absolute Gasteiger partial charge is 0.481 e. The first kappa shape index (κ1) is 23.6. The molecule has 10 nitrogen and oxygen atoms in total. The second kappa shape index (κ2) is 8.99. The zero-order chi connectivity index (χ0) is 24.6. The molecule has 2 atom stereocenters. The van der Waals surface area contributed by atoms with E-state index in [1.807, 2.05) is 13.0 Å². The van der Waals surface area contributed by atoms with E-state index in [1.54, 1.807) is 11.8 Å². The van der Waals surface area contributed by atoms with E-state index in [9.17, 15) is 13.6 Å². The smallest absolute Gasteiger partial charge is 0.297 e. The number of pyridine rings is 1. The first-order valence-electron chi connectivity index (χ1n) is 11.0. The molecule has 1 saturated heterocycles. The second-order valence-corrected chi connectivity index (χ2v) is 8.77. The number of hydrazone groups is 1. The number of nitrogens with one attached hydrogen (secondary N) is 1. The quantitative estimate of drug-likeness (QED) is 0.258. The average Bonchev–Trinajstić information content (AvgIpc) is 3.24. The molecule has 4 rings (SSSR count). The molecule has 1 amide bonds. The number of anilines is 1. The van der Waals surface area contributed by atoms with Crippen LogP contribution in [0.3, 0.4) is 0 Å². The Balaban J connectivity index is 1.51. The van der Waals surface area contributed by atoms with Crippen molar-refractivity contribution in [3.05, 3.63) is 40.5 Å². The van der Waals surface area contributed by atoms with Crippen LogP contribution in [0.25, 0.3) is 0 Å². The number of carbonyl (C=O) groups excluding carboxylic acids is 1. The molecule has 0 aromatic carbocycles. The average molecular weight is 475 g/mol. The third-order valence-corrected chi connectivity index (χ3v) is 6.59. The van der Waals surface area contributed by atoms with Gasteiger partial charge in [-0.3, -0.25) is 4.79 Å². The van der Waals surface area contributed by atoms with Gasteiger partial charge in [0.2, 0.25) is 11.8 Å². The number of nitrogens with zero attached hydrogens (tertiary/aromatic N) is 5. The van der Waals surface area contributed by atoms with Gasteiger partial charge < -0.3 is 26.5 Å². The lowest BCUT2D eigenvalue weighted by Crippen LogP contribution is -2.46. The lowest BCUT2D eigenvalue weighted by molar-refractivity contribution is -0.131. The van der Waals surface area contributed by atoms with Crippen LogP contribution < -0.4 is 21.6 Å². The number of hydrogen-bond acceptors (Lipinski definition) is 8. The van der Waals surface area contributed by atoms with Crippen LogP contribution in [0.4, 0.5) is 14.6 Å². The van der Waals surface area contributed by atoms with Crippen molar-refractivity contribution in [3.63, 3.8) is 0 Å². The van der Waals surface area contributed by atoms with E-state index < -0.39 is 18.2 Å². The summed E-state index contributed by atoms with van der Waals surface area (Å²) in [6.45, 7) is 4.52. The summed E-state index contributed by atoms with van der Waals surface area (Å²) in [6, 6.07) is 3.38. The molecule has 0 saturated carbocycles. The highest BCUT2D eigenvalue weighted by Crippen LogP contribution is 2.37. The van der Waals surface area contributed by atoms with Crippen molar-refractivity contribution in [3.8, 4) is 5.88 Å². The molecule has 1 spiro atoms. The summed E-state index contributed by atoms with van der Waals surface area (Å²) in [6.07, 6.45) is -0.548. The molecule has 0 bridgehead atoms. The number of carbonyl (C=O) groups is 1. The Labute approximate surface area is 195 Å². The van der Waals surface area contributed by atoms with Gasteiger partial charge in [0.15, 0.2) is 11.7 Å². The van der Waals surface area contributed by atoms with E-state index in [0.29, 0.717) is 24.3 Å². The fourth-order valence-corrected chi connectivity index (χ4v) is 4.61. The van der Waals surface area contributed by atoms with E-state index in [2.05, 4.69) is 25.4 Å². The van der Waals surface area contributed by atoms with Gasteiger partial charge in [0, 0.05) is 24.7 Å². The van der Waals surface area contributed by atoms with Crippen LogP contribution in [-0.2, 0) is 11.2 Å². The molecule has 5 N–H and O–H groups in total. The summed E-state index contributed by atoms with van der Waals surface area (Å²) in [5, 5.41) is 7.11. The van der Waals surface area contributed by atoms with Crippen LogP contribution in [0.5, 0.6) is 5.88 Å². The van der Waals surface area contributed by atoms with Crippen molar-refractivity contribution in [2.75, 3.05) is 25.5 Å². The number of amidine groups is 1. The minimum Gasteiger partial charge on any atom is -0.481 e. The molecule has 34 heavy (non-hydrogen) atoms. The lowest BCUT2D eigenvalue weighted by atomic mass is 9.86. The predicted molar refractivity (Wildman–Crippen MR) is 122 cm³/mol. The Morgan fingerprint density at radius 3 is 2.74 bits per heavy atom. The fourth-order valence-electron chi connectivity index (χ4n) is 4.61. The topological polar surface area (TPSA) is 145 Å². The zero-order valence-electron chi connectivity index (χ0n) is 19.3. The van der Waals surface area contributed by atoms with Crippen LogP contribution in [0.15, 0.2) is 17.2 Å². The summed E-state index contributed by atoms with van der Waals surface area (Å²) >= 11 is 0. The normalized spacial score (nSPS) is 20.9. The molecule has 2 aromatic heterocycles. The first-order chi connectivity index (χ1) is 16.2. The summed E-state index contributed by atoms with van der Waals surface area (Å²) in [4.78, 5) is 27.2. The number of halogens is 2. The van der Waals surface area contributed by atoms with Crippen molar-refractivity contribution >= 4 is 17.6 Å². The van der Waals surface area contributed by atoms with Gasteiger partial charge in [0.05, 0.1) is 30.0 Å². The van der Waals surface area contributed by atoms with Gasteiger partial charge in [0.1, 0.15) is 5.82 Å². The van der Waals surface area contributed by atoms with Crippen LogP contribution in [0, 0.1) is 6.92 Å². The Morgan fingerprint density at radius 2 is 2.06 bits per heavy atom.